The molecule has 2 aromatic carbocycles. The van der Waals surface area contributed by atoms with Crippen molar-refractivity contribution in [1.29, 1.82) is 0 Å². The van der Waals surface area contributed by atoms with Gasteiger partial charge in [-0.1, -0.05) is 23.7 Å². The van der Waals surface area contributed by atoms with Crippen molar-refractivity contribution < 1.29 is 14.3 Å². The number of halogens is 1. The van der Waals surface area contributed by atoms with Crippen LogP contribution in [0, 0.1) is 0 Å². The van der Waals surface area contributed by atoms with E-state index in [9.17, 15) is 9.59 Å². The van der Waals surface area contributed by atoms with Crippen LogP contribution in [0.15, 0.2) is 53.6 Å². The first-order valence-corrected chi connectivity index (χ1v) is 9.85. The van der Waals surface area contributed by atoms with Gasteiger partial charge in [-0.15, -0.1) is 0 Å². The summed E-state index contributed by atoms with van der Waals surface area (Å²) in [6.45, 7) is 0.431. The van der Waals surface area contributed by atoms with Gasteiger partial charge < -0.3 is 14.0 Å². The molecule has 0 radical (unpaired) electrons. The van der Waals surface area contributed by atoms with E-state index in [1.807, 2.05) is 24.3 Å². The maximum atomic E-state index is 13.0. The number of rotatable bonds is 6. The number of aryl methyl sites for hydroxylation is 1. The standard InChI is InChI=1S/C23H20ClN3O4/c1-26-12-18(15-8-20(24)19(13-28)21(9-15)31-3)17-10-25-27(22(17)23(26)29)11-14-4-6-16(30-2)7-5-14/h4-10,12-13H,11H2,1-3H3. The predicted molar refractivity (Wildman–Crippen MR) is 119 cm³/mol. The number of aldehydes is 1. The van der Waals surface area contributed by atoms with E-state index in [4.69, 9.17) is 21.1 Å². The van der Waals surface area contributed by atoms with Crippen molar-refractivity contribution in [2.45, 2.75) is 6.54 Å². The van der Waals surface area contributed by atoms with E-state index >= 15 is 0 Å². The molecule has 0 aliphatic rings. The second-order valence-electron chi connectivity index (χ2n) is 7.06. The smallest absolute Gasteiger partial charge is 0.276 e. The molecule has 2 heterocycles. The average molecular weight is 438 g/mol. The topological polar surface area (TPSA) is 75.4 Å². The average Bonchev–Trinajstić information content (AvgIpc) is 3.19. The lowest BCUT2D eigenvalue weighted by Gasteiger charge is -2.12. The second-order valence-corrected chi connectivity index (χ2v) is 7.47. The van der Waals surface area contributed by atoms with Gasteiger partial charge in [0.05, 0.1) is 37.5 Å². The highest BCUT2D eigenvalue weighted by Gasteiger charge is 2.17. The number of hydrogen-bond acceptors (Lipinski definition) is 5. The predicted octanol–water partition coefficient (Wildman–Crippen LogP) is 3.93. The maximum Gasteiger partial charge on any atom is 0.276 e. The highest BCUT2D eigenvalue weighted by molar-refractivity contribution is 6.33. The SMILES string of the molecule is COc1ccc(Cn2ncc3c(-c4cc(Cl)c(C=O)c(OC)c4)cn(C)c(=O)c32)cc1. The first-order chi connectivity index (χ1) is 15.0. The molecule has 0 bridgehead atoms. The summed E-state index contributed by atoms with van der Waals surface area (Å²) < 4.78 is 13.7. The Morgan fingerprint density at radius 2 is 1.87 bits per heavy atom. The number of ether oxygens (including phenoxy) is 2. The van der Waals surface area contributed by atoms with Gasteiger partial charge in [0.15, 0.2) is 6.29 Å². The summed E-state index contributed by atoms with van der Waals surface area (Å²) >= 11 is 6.31. The number of carbonyl (C=O) groups excluding carboxylic acids is 1. The van der Waals surface area contributed by atoms with E-state index < -0.39 is 0 Å². The lowest BCUT2D eigenvalue weighted by molar-refractivity contribution is 0.112. The quantitative estimate of drug-likeness (QED) is 0.427. The fourth-order valence-electron chi connectivity index (χ4n) is 3.58. The fourth-order valence-corrected chi connectivity index (χ4v) is 3.84. The van der Waals surface area contributed by atoms with Crippen LogP contribution in [0.25, 0.3) is 22.0 Å². The third-order valence-electron chi connectivity index (χ3n) is 5.21. The zero-order valence-electron chi connectivity index (χ0n) is 17.3. The summed E-state index contributed by atoms with van der Waals surface area (Å²) in [5, 5.41) is 5.44. The highest BCUT2D eigenvalue weighted by Crippen LogP contribution is 2.35. The minimum absolute atomic E-state index is 0.160. The van der Waals surface area contributed by atoms with Crippen molar-refractivity contribution >= 4 is 28.8 Å². The number of hydrogen-bond donors (Lipinski definition) is 0. The molecule has 7 nitrogen and oxygen atoms in total. The number of carbonyl (C=O) groups is 1. The molecule has 0 fully saturated rings. The minimum atomic E-state index is -0.160. The molecular weight excluding hydrogens is 418 g/mol. The number of aromatic nitrogens is 3. The van der Waals surface area contributed by atoms with Gasteiger partial charge in [0.1, 0.15) is 17.0 Å². The van der Waals surface area contributed by atoms with E-state index in [0.717, 1.165) is 22.4 Å². The van der Waals surface area contributed by atoms with Crippen LogP contribution < -0.4 is 15.0 Å². The molecule has 158 valence electrons. The molecule has 31 heavy (non-hydrogen) atoms. The van der Waals surface area contributed by atoms with E-state index in [1.165, 1.54) is 11.7 Å². The number of fused-ring (bicyclic) bond motifs is 1. The van der Waals surface area contributed by atoms with Crippen molar-refractivity contribution in [3.63, 3.8) is 0 Å². The Morgan fingerprint density at radius 1 is 1.13 bits per heavy atom. The Hall–Kier alpha value is -3.58. The Balaban J connectivity index is 1.87. The van der Waals surface area contributed by atoms with Crippen LogP contribution in [-0.2, 0) is 13.6 Å². The summed E-state index contributed by atoms with van der Waals surface area (Å²) in [7, 11) is 4.78. The molecule has 0 aliphatic heterocycles. The third kappa shape index (κ3) is 3.68. The van der Waals surface area contributed by atoms with Gasteiger partial charge in [-0.2, -0.15) is 5.10 Å². The first-order valence-electron chi connectivity index (χ1n) is 9.48. The second kappa shape index (κ2) is 8.28. The molecule has 4 rings (SSSR count). The van der Waals surface area contributed by atoms with Crippen LogP contribution in [0.1, 0.15) is 15.9 Å². The van der Waals surface area contributed by atoms with Crippen LogP contribution in [0.5, 0.6) is 11.5 Å². The summed E-state index contributed by atoms with van der Waals surface area (Å²) in [4.78, 5) is 24.3. The van der Waals surface area contributed by atoms with E-state index in [2.05, 4.69) is 5.10 Å². The van der Waals surface area contributed by atoms with Crippen molar-refractivity contribution in [3.8, 4) is 22.6 Å². The molecule has 2 aromatic heterocycles. The number of methoxy groups -OCH3 is 2. The van der Waals surface area contributed by atoms with Crippen LogP contribution >= 0.6 is 11.6 Å². The van der Waals surface area contributed by atoms with E-state index in [1.54, 1.807) is 43.4 Å². The monoisotopic (exact) mass is 437 g/mol. The van der Waals surface area contributed by atoms with Gasteiger partial charge in [-0.25, -0.2) is 0 Å². The Morgan fingerprint density at radius 3 is 2.52 bits per heavy atom. The first kappa shape index (κ1) is 20.7. The molecule has 0 unspecified atom stereocenters. The van der Waals surface area contributed by atoms with Gasteiger partial charge in [-0.05, 0) is 35.4 Å². The number of pyridine rings is 1. The zero-order chi connectivity index (χ0) is 22.1. The van der Waals surface area contributed by atoms with Gasteiger partial charge in [0, 0.05) is 24.2 Å². The summed E-state index contributed by atoms with van der Waals surface area (Å²) in [5.41, 5.74) is 3.06. The van der Waals surface area contributed by atoms with Crippen molar-refractivity contribution in [1.82, 2.24) is 14.3 Å². The Kier molecular flexibility index (Phi) is 5.52. The Bertz CT molecular complexity index is 1340. The third-order valence-corrected chi connectivity index (χ3v) is 5.52. The fraction of sp³-hybridized carbons (Fsp3) is 0.174. The lowest BCUT2D eigenvalue weighted by atomic mass is 10.0. The van der Waals surface area contributed by atoms with Gasteiger partial charge in [-0.3, -0.25) is 14.3 Å². The molecule has 0 atom stereocenters. The minimum Gasteiger partial charge on any atom is -0.497 e. The zero-order valence-corrected chi connectivity index (χ0v) is 18.0. The molecule has 0 aliphatic carbocycles. The van der Waals surface area contributed by atoms with Crippen molar-refractivity contribution in [3.05, 3.63) is 75.3 Å². The van der Waals surface area contributed by atoms with E-state index in [0.29, 0.717) is 29.5 Å². The number of benzene rings is 2. The van der Waals surface area contributed by atoms with Gasteiger partial charge in [0.2, 0.25) is 0 Å². The molecule has 0 saturated carbocycles. The molecule has 0 saturated heterocycles. The number of nitrogens with zero attached hydrogens (tertiary/aromatic N) is 3. The summed E-state index contributed by atoms with van der Waals surface area (Å²) in [5.74, 6) is 1.13. The van der Waals surface area contributed by atoms with Crippen LogP contribution in [0.2, 0.25) is 5.02 Å². The molecule has 4 aromatic rings. The molecule has 8 heteroatoms. The normalized spacial score (nSPS) is 11.0. The molecule has 0 N–H and O–H groups in total. The highest BCUT2D eigenvalue weighted by atomic mass is 35.5. The van der Waals surface area contributed by atoms with Crippen molar-refractivity contribution in [2.75, 3.05) is 14.2 Å². The van der Waals surface area contributed by atoms with Crippen LogP contribution in [0.4, 0.5) is 0 Å². The van der Waals surface area contributed by atoms with E-state index in [-0.39, 0.29) is 16.1 Å². The Labute approximate surface area is 183 Å². The molecule has 0 spiro atoms. The van der Waals surface area contributed by atoms with Crippen LogP contribution in [-0.4, -0.2) is 34.9 Å². The van der Waals surface area contributed by atoms with Gasteiger partial charge in [0.25, 0.3) is 5.56 Å². The summed E-state index contributed by atoms with van der Waals surface area (Å²) in [6, 6.07) is 11.0. The van der Waals surface area contributed by atoms with Gasteiger partial charge >= 0.3 is 0 Å². The molecular formula is C23H20ClN3O4. The summed E-state index contributed by atoms with van der Waals surface area (Å²) in [6.07, 6.45) is 4.06. The largest absolute Gasteiger partial charge is 0.497 e. The molecule has 0 amide bonds. The van der Waals surface area contributed by atoms with Crippen molar-refractivity contribution in [2.24, 2.45) is 7.05 Å². The lowest BCUT2D eigenvalue weighted by Crippen LogP contribution is -2.20. The van der Waals surface area contributed by atoms with Crippen LogP contribution in [0.3, 0.4) is 0 Å². The maximum absolute atomic E-state index is 13.0.